The van der Waals surface area contributed by atoms with Crippen LogP contribution >= 0.6 is 11.3 Å². The van der Waals surface area contributed by atoms with Crippen LogP contribution in [0.1, 0.15) is 17.3 Å². The fourth-order valence-electron chi connectivity index (χ4n) is 2.97. The van der Waals surface area contributed by atoms with Crippen molar-refractivity contribution in [3.63, 3.8) is 0 Å². The van der Waals surface area contributed by atoms with Gasteiger partial charge in [0.2, 0.25) is 10.4 Å². The molecule has 11 heteroatoms. The van der Waals surface area contributed by atoms with Gasteiger partial charge in [-0.05, 0) is 0 Å². The van der Waals surface area contributed by atoms with Crippen LogP contribution in [0.2, 0.25) is 0 Å². The van der Waals surface area contributed by atoms with E-state index in [2.05, 4.69) is 9.27 Å². The first-order chi connectivity index (χ1) is 9.87. The van der Waals surface area contributed by atoms with Gasteiger partial charge in [0.05, 0.1) is 23.3 Å². The normalized spacial score (nSPS) is 21.4. The highest BCUT2D eigenvalue weighted by molar-refractivity contribution is 7.80. The molecular weight excluding hydrogens is 320 g/mol. The summed E-state index contributed by atoms with van der Waals surface area (Å²) in [5.41, 5.74) is 4.14. The molecule has 21 heavy (non-hydrogen) atoms. The van der Waals surface area contributed by atoms with Crippen molar-refractivity contribution < 1.29 is 22.0 Å². The Morgan fingerprint density at radius 3 is 3.00 bits per heavy atom. The molecule has 0 aromatic carbocycles. The zero-order valence-corrected chi connectivity index (χ0v) is 12.3. The molecule has 0 N–H and O–H groups in total. The van der Waals surface area contributed by atoms with Gasteiger partial charge in [0.15, 0.2) is 5.65 Å². The molecule has 1 atom stereocenters. The highest BCUT2D eigenvalue weighted by Gasteiger charge is 2.47. The molecule has 4 heterocycles. The average molecular weight is 329 g/mol. The van der Waals surface area contributed by atoms with Gasteiger partial charge >= 0.3 is 6.03 Å². The minimum atomic E-state index is -5.01. The molecule has 0 spiro atoms. The maximum Gasteiger partial charge on any atom is 0.346 e. The second-order valence-corrected chi connectivity index (χ2v) is 6.73. The van der Waals surface area contributed by atoms with Crippen molar-refractivity contribution in [3.8, 4) is 0 Å². The van der Waals surface area contributed by atoms with Crippen molar-refractivity contribution in [3.05, 3.63) is 16.8 Å². The number of hydrogen-bond acceptors (Lipinski definition) is 7. The number of fused-ring (bicyclic) bond motifs is 6. The first-order valence-electron chi connectivity index (χ1n) is 6.01. The van der Waals surface area contributed by atoms with Gasteiger partial charge in [-0.25, -0.2) is 18.2 Å². The van der Waals surface area contributed by atoms with Gasteiger partial charge in [0.1, 0.15) is 6.04 Å². The van der Waals surface area contributed by atoms with E-state index >= 15 is 0 Å². The van der Waals surface area contributed by atoms with E-state index in [1.54, 1.807) is 5.51 Å². The van der Waals surface area contributed by atoms with Crippen LogP contribution in [0.25, 0.3) is 10.3 Å². The molecule has 2 aliphatic rings. The fourth-order valence-corrected chi connectivity index (χ4v) is 4.27. The highest BCUT2D eigenvalue weighted by Crippen LogP contribution is 2.43. The summed E-state index contributed by atoms with van der Waals surface area (Å²) in [5.74, 6) is 0. The number of carbonyl (C=O) groups excluding carboxylic acids is 1. The van der Waals surface area contributed by atoms with E-state index in [4.69, 9.17) is 0 Å². The number of urea groups is 1. The number of hydroxylamine groups is 2. The maximum atomic E-state index is 12.1. The molecule has 1 unspecified atom stereocenters. The molecule has 0 saturated carbocycles. The van der Waals surface area contributed by atoms with Crippen LogP contribution in [0, 0.1) is 0 Å². The predicted octanol–water partition coefficient (Wildman–Crippen LogP) is 0.319. The molecule has 2 aromatic heterocycles. The SMILES string of the molecule is Cn1c2c(c3scnc31)C1CN(C2)C(=O)N1OS(=O)(=O)[O-]. The zero-order chi connectivity index (χ0) is 14.9. The number of aryl methyl sites for hydroxylation is 1. The zero-order valence-electron chi connectivity index (χ0n) is 10.7. The second kappa shape index (κ2) is 3.94. The molecule has 2 aromatic rings. The van der Waals surface area contributed by atoms with Crippen LogP contribution in [-0.4, -0.2) is 45.1 Å². The third-order valence-corrected chi connectivity index (χ3v) is 5.00. The van der Waals surface area contributed by atoms with Crippen LogP contribution in [-0.2, 0) is 28.3 Å². The molecular formula is C10H9N4O5S2-. The quantitative estimate of drug-likeness (QED) is 0.580. The molecule has 4 rings (SSSR count). The minimum Gasteiger partial charge on any atom is -0.724 e. The Balaban J connectivity index is 1.90. The summed E-state index contributed by atoms with van der Waals surface area (Å²) in [6.45, 7) is 0.626. The van der Waals surface area contributed by atoms with Crippen molar-refractivity contribution in [2.45, 2.75) is 12.6 Å². The van der Waals surface area contributed by atoms with Crippen molar-refractivity contribution in [2.75, 3.05) is 6.54 Å². The highest BCUT2D eigenvalue weighted by atomic mass is 32.3. The van der Waals surface area contributed by atoms with Gasteiger partial charge in [-0.15, -0.1) is 11.3 Å². The summed E-state index contributed by atoms with van der Waals surface area (Å²) in [6.07, 6.45) is 0. The van der Waals surface area contributed by atoms with E-state index in [0.29, 0.717) is 18.2 Å². The van der Waals surface area contributed by atoms with Crippen LogP contribution in [0.15, 0.2) is 5.51 Å². The molecule has 112 valence electrons. The maximum absolute atomic E-state index is 12.1. The Hall–Kier alpha value is -1.69. The Labute approximate surface area is 123 Å². The van der Waals surface area contributed by atoms with Gasteiger partial charge in [0.25, 0.3) is 0 Å². The number of nitrogens with zero attached hydrogens (tertiary/aromatic N) is 4. The topological polar surface area (TPSA) is 108 Å². The lowest BCUT2D eigenvalue weighted by Crippen LogP contribution is -2.32. The monoisotopic (exact) mass is 329 g/mol. The Kier molecular flexibility index (Phi) is 2.44. The molecule has 1 saturated heterocycles. The summed E-state index contributed by atoms with van der Waals surface area (Å²) in [5, 5.41) is 0.660. The van der Waals surface area contributed by atoms with E-state index in [-0.39, 0.29) is 0 Å². The van der Waals surface area contributed by atoms with Gasteiger partial charge < -0.3 is 14.0 Å². The summed E-state index contributed by atoms with van der Waals surface area (Å²) in [4.78, 5) is 17.8. The van der Waals surface area contributed by atoms with E-state index in [1.165, 1.54) is 16.2 Å². The van der Waals surface area contributed by atoms with E-state index in [9.17, 15) is 17.8 Å². The van der Waals surface area contributed by atoms with E-state index < -0.39 is 22.5 Å². The lowest BCUT2D eigenvalue weighted by atomic mass is 10.0. The summed E-state index contributed by atoms with van der Waals surface area (Å²) in [6, 6.07) is -1.23. The Morgan fingerprint density at radius 2 is 2.29 bits per heavy atom. The minimum absolute atomic E-state index is 0.290. The van der Waals surface area contributed by atoms with Crippen molar-refractivity contribution in [2.24, 2.45) is 7.05 Å². The lowest BCUT2D eigenvalue weighted by molar-refractivity contribution is -0.0323. The molecule has 2 aliphatic heterocycles. The summed E-state index contributed by atoms with van der Waals surface area (Å²) in [7, 11) is -3.17. The van der Waals surface area contributed by atoms with Crippen molar-refractivity contribution >= 4 is 38.1 Å². The molecule has 2 amide bonds. The average Bonchev–Trinajstić information content (AvgIpc) is 3.03. The first kappa shape index (κ1) is 13.0. The first-order valence-corrected chi connectivity index (χ1v) is 8.22. The molecule has 2 bridgehead atoms. The number of rotatable bonds is 2. The molecule has 9 nitrogen and oxygen atoms in total. The van der Waals surface area contributed by atoms with Crippen molar-refractivity contribution in [1.29, 1.82) is 0 Å². The Morgan fingerprint density at radius 1 is 1.52 bits per heavy atom. The van der Waals surface area contributed by atoms with Crippen LogP contribution in [0.4, 0.5) is 4.79 Å². The van der Waals surface area contributed by atoms with Crippen molar-refractivity contribution in [1.82, 2.24) is 19.5 Å². The van der Waals surface area contributed by atoms with E-state index in [0.717, 1.165) is 21.6 Å². The van der Waals surface area contributed by atoms with Crippen LogP contribution in [0.5, 0.6) is 0 Å². The van der Waals surface area contributed by atoms with Gasteiger partial charge in [0, 0.05) is 18.3 Å². The van der Waals surface area contributed by atoms with Gasteiger partial charge in [-0.1, -0.05) is 0 Å². The summed E-state index contributed by atoms with van der Waals surface area (Å²) >= 11 is 1.41. The predicted molar refractivity (Wildman–Crippen MR) is 69.8 cm³/mol. The van der Waals surface area contributed by atoms with Gasteiger partial charge in [-0.2, -0.15) is 9.35 Å². The van der Waals surface area contributed by atoms with E-state index in [1.807, 2.05) is 11.6 Å². The molecule has 0 aliphatic carbocycles. The third kappa shape index (κ3) is 1.71. The van der Waals surface area contributed by atoms with Crippen LogP contribution in [0.3, 0.4) is 0 Å². The third-order valence-electron chi connectivity index (χ3n) is 3.81. The number of carbonyl (C=O) groups is 1. The number of aromatic nitrogens is 2. The second-order valence-electron chi connectivity index (χ2n) is 4.91. The smallest absolute Gasteiger partial charge is 0.346 e. The largest absolute Gasteiger partial charge is 0.724 e. The molecule has 1 fully saturated rings. The number of hydrogen-bond donors (Lipinski definition) is 0. The van der Waals surface area contributed by atoms with Gasteiger partial charge in [-0.3, -0.25) is 0 Å². The standard InChI is InChI=1S/C10H10N4O5S2/c1-12-5-2-13-3-6(7(5)8-9(12)11-4-20-8)14(10(13)15)19-21(16,17)18/h4,6H,2-3H2,1H3,(H,16,17,18)/p-1. The number of amides is 2. The fraction of sp³-hybridized carbons (Fsp3) is 0.400. The van der Waals surface area contributed by atoms with Crippen LogP contribution < -0.4 is 0 Å². The summed E-state index contributed by atoms with van der Waals surface area (Å²) < 4.78 is 39.6. The number of thiazole rings is 1. The lowest BCUT2D eigenvalue weighted by Gasteiger charge is -2.24. The Bertz CT molecular complexity index is 870. The molecule has 0 radical (unpaired) electrons.